The molecule has 0 fully saturated rings. The summed E-state index contributed by atoms with van der Waals surface area (Å²) in [6, 6.07) is 24.5. The Hall–Kier alpha value is -5.64. The third-order valence-corrected chi connectivity index (χ3v) is 7.56. The van der Waals surface area contributed by atoms with Crippen LogP contribution in [0.5, 0.6) is 17.2 Å². The molecule has 10 heteroatoms. The molecule has 4 aromatic rings. The Balaban J connectivity index is 1.25. The standard InChI is InChI=1S/C38H40N2O8/c1-2-3-4-5-8-23-47-31-21-15-28(16-22-31)38(46)48-32-19-11-26(12-20-32)24-33(37(44)45)40-36(43)27-13-17-30(18-14-27)39-35(42)25-29-9-6-7-10-34(29)41/h6-7,9-22,33,41H,2-5,8,23-25H2,1H3,(H,39,42)(H,40,43)(H,44,45)/t33-/m0/s1. The third kappa shape index (κ3) is 11.0. The highest BCUT2D eigenvalue weighted by atomic mass is 16.5. The van der Waals surface area contributed by atoms with E-state index in [9.17, 15) is 29.4 Å². The summed E-state index contributed by atoms with van der Waals surface area (Å²) in [4.78, 5) is 49.8. The summed E-state index contributed by atoms with van der Waals surface area (Å²) in [7, 11) is 0. The van der Waals surface area contributed by atoms with Crippen molar-refractivity contribution in [2.75, 3.05) is 11.9 Å². The fourth-order valence-electron chi connectivity index (χ4n) is 4.86. The lowest BCUT2D eigenvalue weighted by atomic mass is 10.0. The summed E-state index contributed by atoms with van der Waals surface area (Å²) in [6.45, 7) is 2.81. The molecule has 0 saturated heterocycles. The summed E-state index contributed by atoms with van der Waals surface area (Å²) < 4.78 is 11.2. The van der Waals surface area contributed by atoms with E-state index >= 15 is 0 Å². The number of unbranched alkanes of at least 4 members (excludes halogenated alkanes) is 4. The number of aliphatic carboxylic acids is 1. The van der Waals surface area contributed by atoms with Crippen molar-refractivity contribution in [3.05, 3.63) is 119 Å². The van der Waals surface area contributed by atoms with Gasteiger partial charge in [0.1, 0.15) is 23.3 Å². The number of nitrogens with one attached hydrogen (secondary N) is 2. The second kappa shape index (κ2) is 17.9. The van der Waals surface area contributed by atoms with E-state index in [0.717, 1.165) is 12.8 Å². The molecule has 4 N–H and O–H groups in total. The minimum Gasteiger partial charge on any atom is -0.508 e. The van der Waals surface area contributed by atoms with Crippen molar-refractivity contribution in [2.24, 2.45) is 0 Å². The lowest BCUT2D eigenvalue weighted by Crippen LogP contribution is -2.42. The van der Waals surface area contributed by atoms with Crippen LogP contribution in [0, 0.1) is 0 Å². The summed E-state index contributed by atoms with van der Waals surface area (Å²) in [6.07, 6.45) is 5.71. The molecular formula is C38H40N2O8. The molecule has 0 aliphatic carbocycles. The number of anilines is 1. The van der Waals surface area contributed by atoms with Crippen LogP contribution in [0.3, 0.4) is 0 Å². The van der Waals surface area contributed by atoms with Crippen LogP contribution >= 0.6 is 0 Å². The highest BCUT2D eigenvalue weighted by Gasteiger charge is 2.21. The average Bonchev–Trinajstić information content (AvgIpc) is 3.08. The molecule has 4 aromatic carbocycles. The number of amides is 2. The maximum atomic E-state index is 12.8. The zero-order chi connectivity index (χ0) is 34.3. The van der Waals surface area contributed by atoms with Crippen molar-refractivity contribution in [3.63, 3.8) is 0 Å². The lowest BCUT2D eigenvalue weighted by Gasteiger charge is -2.15. The molecule has 0 aliphatic rings. The van der Waals surface area contributed by atoms with Gasteiger partial charge < -0.3 is 30.3 Å². The van der Waals surface area contributed by atoms with Crippen LogP contribution in [0.1, 0.15) is 70.9 Å². The van der Waals surface area contributed by atoms with Gasteiger partial charge in [0.15, 0.2) is 0 Å². The van der Waals surface area contributed by atoms with Gasteiger partial charge in [-0.15, -0.1) is 0 Å². The molecular weight excluding hydrogens is 612 g/mol. The number of phenolic OH excluding ortho intramolecular Hbond substituents is 1. The number of carbonyl (C=O) groups is 4. The van der Waals surface area contributed by atoms with Gasteiger partial charge in [-0.25, -0.2) is 9.59 Å². The van der Waals surface area contributed by atoms with Gasteiger partial charge in [0.2, 0.25) is 5.91 Å². The van der Waals surface area contributed by atoms with Gasteiger partial charge in [-0.1, -0.05) is 62.9 Å². The first kappa shape index (κ1) is 35.2. The van der Waals surface area contributed by atoms with Crippen molar-refractivity contribution in [3.8, 4) is 17.2 Å². The Labute approximate surface area is 279 Å². The van der Waals surface area contributed by atoms with Gasteiger partial charge in [-0.3, -0.25) is 9.59 Å². The first-order valence-corrected chi connectivity index (χ1v) is 16.0. The van der Waals surface area contributed by atoms with Gasteiger partial charge in [-0.05, 0) is 78.7 Å². The molecule has 250 valence electrons. The number of ether oxygens (including phenoxy) is 2. The van der Waals surface area contributed by atoms with Crippen molar-refractivity contribution in [1.29, 1.82) is 0 Å². The SMILES string of the molecule is CCCCCCCOc1ccc(C(=O)Oc2ccc(C[C@H](NC(=O)c3ccc(NC(=O)Cc4ccccc4O)cc3)C(=O)O)cc2)cc1. The number of benzene rings is 4. The molecule has 10 nitrogen and oxygen atoms in total. The van der Waals surface area contributed by atoms with E-state index in [0.29, 0.717) is 40.5 Å². The highest BCUT2D eigenvalue weighted by molar-refractivity contribution is 5.98. The number of carbonyl (C=O) groups excluding carboxylic acids is 3. The number of aromatic hydroxyl groups is 1. The maximum absolute atomic E-state index is 12.8. The van der Waals surface area contributed by atoms with Crippen molar-refractivity contribution >= 4 is 29.4 Å². The Morgan fingerprint density at radius 1 is 0.750 bits per heavy atom. The van der Waals surface area contributed by atoms with Crippen LogP contribution in [0.15, 0.2) is 97.1 Å². The third-order valence-electron chi connectivity index (χ3n) is 7.56. The molecule has 0 aliphatic heterocycles. The fourth-order valence-corrected chi connectivity index (χ4v) is 4.86. The van der Waals surface area contributed by atoms with Crippen molar-refractivity contribution in [2.45, 2.75) is 57.9 Å². The predicted octanol–water partition coefficient (Wildman–Crippen LogP) is 6.57. The van der Waals surface area contributed by atoms with Crippen LogP contribution in [0.4, 0.5) is 5.69 Å². The monoisotopic (exact) mass is 652 g/mol. The number of phenols is 1. The van der Waals surface area contributed by atoms with E-state index in [-0.39, 0.29) is 30.1 Å². The summed E-state index contributed by atoms with van der Waals surface area (Å²) in [5, 5.41) is 24.9. The number of para-hydroxylation sites is 1. The first-order chi connectivity index (χ1) is 23.2. The van der Waals surface area contributed by atoms with Crippen molar-refractivity contribution in [1.82, 2.24) is 5.32 Å². The zero-order valence-electron chi connectivity index (χ0n) is 26.8. The molecule has 48 heavy (non-hydrogen) atoms. The second-order valence-corrected chi connectivity index (χ2v) is 11.3. The molecule has 0 bridgehead atoms. The summed E-state index contributed by atoms with van der Waals surface area (Å²) in [5.74, 6) is -1.68. The van der Waals surface area contributed by atoms with Crippen LogP contribution in [-0.2, 0) is 22.4 Å². The number of carboxylic acids is 1. The molecule has 0 radical (unpaired) electrons. The zero-order valence-corrected chi connectivity index (χ0v) is 26.8. The summed E-state index contributed by atoms with van der Waals surface area (Å²) >= 11 is 0. The van der Waals surface area contributed by atoms with Crippen LogP contribution in [0.2, 0.25) is 0 Å². The molecule has 0 unspecified atom stereocenters. The lowest BCUT2D eigenvalue weighted by molar-refractivity contribution is -0.139. The first-order valence-electron chi connectivity index (χ1n) is 16.0. The number of esters is 1. The Morgan fingerprint density at radius 3 is 2.06 bits per heavy atom. The number of rotatable bonds is 17. The quantitative estimate of drug-likeness (QED) is 0.0568. The molecule has 0 aromatic heterocycles. The number of carboxylic acid groups (broad SMARTS) is 1. The normalized spacial score (nSPS) is 11.3. The smallest absolute Gasteiger partial charge is 0.343 e. The molecule has 2 amide bonds. The van der Waals surface area contributed by atoms with E-state index in [1.165, 1.54) is 49.6 Å². The largest absolute Gasteiger partial charge is 0.508 e. The van der Waals surface area contributed by atoms with Crippen LogP contribution in [0.25, 0.3) is 0 Å². The van der Waals surface area contributed by atoms with Crippen molar-refractivity contribution < 1.29 is 38.9 Å². The molecule has 0 heterocycles. The topological polar surface area (TPSA) is 151 Å². The molecule has 4 rings (SSSR count). The highest BCUT2D eigenvalue weighted by Crippen LogP contribution is 2.20. The Kier molecular flexibility index (Phi) is 13.1. The molecule has 1 atom stereocenters. The van der Waals surface area contributed by atoms with E-state index in [1.54, 1.807) is 66.7 Å². The van der Waals surface area contributed by atoms with E-state index in [4.69, 9.17) is 9.47 Å². The number of hydrogen-bond acceptors (Lipinski definition) is 7. The average molecular weight is 653 g/mol. The van der Waals surface area contributed by atoms with Gasteiger partial charge >= 0.3 is 11.9 Å². The van der Waals surface area contributed by atoms with Crippen LogP contribution < -0.4 is 20.1 Å². The van der Waals surface area contributed by atoms with Gasteiger partial charge in [0.05, 0.1) is 18.6 Å². The molecule has 0 spiro atoms. The summed E-state index contributed by atoms with van der Waals surface area (Å²) in [5.41, 5.74) is 2.12. The molecule has 0 saturated carbocycles. The predicted molar refractivity (Wildman–Crippen MR) is 182 cm³/mol. The van der Waals surface area contributed by atoms with Gasteiger partial charge in [-0.2, -0.15) is 0 Å². The van der Waals surface area contributed by atoms with Gasteiger partial charge in [0, 0.05) is 23.2 Å². The Morgan fingerprint density at radius 2 is 1.40 bits per heavy atom. The number of hydrogen-bond donors (Lipinski definition) is 4. The van der Waals surface area contributed by atoms with Gasteiger partial charge in [0.25, 0.3) is 5.91 Å². The van der Waals surface area contributed by atoms with Crippen LogP contribution in [-0.4, -0.2) is 46.6 Å². The van der Waals surface area contributed by atoms with E-state index in [1.807, 2.05) is 0 Å². The Bertz CT molecular complexity index is 1670. The second-order valence-electron chi connectivity index (χ2n) is 11.3. The maximum Gasteiger partial charge on any atom is 0.343 e. The minimum atomic E-state index is -1.22. The minimum absolute atomic E-state index is 0.00413. The van der Waals surface area contributed by atoms with E-state index < -0.39 is 23.9 Å². The fraction of sp³-hybridized carbons (Fsp3) is 0.263. The van der Waals surface area contributed by atoms with E-state index in [2.05, 4.69) is 17.6 Å².